The third-order valence-corrected chi connectivity index (χ3v) is 5.13. The van der Waals surface area contributed by atoms with Crippen molar-refractivity contribution in [1.82, 2.24) is 4.90 Å². The highest BCUT2D eigenvalue weighted by Crippen LogP contribution is 2.46. The molecule has 1 heterocycles. The molecule has 0 aromatic heterocycles. The average Bonchev–Trinajstić information content (AvgIpc) is 2.85. The highest BCUT2D eigenvalue weighted by molar-refractivity contribution is 5.42. The Kier molecular flexibility index (Phi) is 2.89. The van der Waals surface area contributed by atoms with E-state index in [4.69, 9.17) is 0 Å². The zero-order valence-corrected chi connectivity index (χ0v) is 12.0. The summed E-state index contributed by atoms with van der Waals surface area (Å²) in [5.41, 5.74) is 4.62. The topological polar surface area (TPSA) is 3.24 Å². The Morgan fingerprint density at radius 3 is 2.50 bits per heavy atom. The summed E-state index contributed by atoms with van der Waals surface area (Å²) in [5.74, 6) is 2.17. The molecule has 0 amide bonds. The van der Waals surface area contributed by atoms with Crippen LogP contribution < -0.4 is 0 Å². The van der Waals surface area contributed by atoms with Gasteiger partial charge < -0.3 is 4.90 Å². The molecule has 0 bridgehead atoms. The number of rotatable bonds is 1. The first-order valence-corrected chi connectivity index (χ1v) is 7.64. The molecule has 1 heteroatoms. The quantitative estimate of drug-likeness (QED) is 0.760. The van der Waals surface area contributed by atoms with Crippen LogP contribution in [0, 0.1) is 11.8 Å². The largest absolute Gasteiger partial charge is 0.306 e. The maximum Gasteiger partial charge on any atom is 0.0136 e. The summed E-state index contributed by atoms with van der Waals surface area (Å²) in [5, 5.41) is 0. The number of fused-ring (bicyclic) bond motifs is 2. The smallest absolute Gasteiger partial charge is 0.0136 e. The molecular formula is C19H21N. The molecule has 1 saturated heterocycles. The second-order valence-electron chi connectivity index (χ2n) is 6.44. The second-order valence-corrected chi connectivity index (χ2v) is 6.44. The zero-order chi connectivity index (χ0) is 13.5. The van der Waals surface area contributed by atoms with Gasteiger partial charge in [0.15, 0.2) is 0 Å². The van der Waals surface area contributed by atoms with Gasteiger partial charge in [0.2, 0.25) is 0 Å². The maximum absolute atomic E-state index is 2.51. The molecule has 2 aromatic carbocycles. The molecule has 20 heavy (non-hydrogen) atoms. The molecule has 2 aliphatic rings. The standard InChI is InChI=1S/C19H21N/c1-20-12-16-11-15-9-5-6-10-17(15)19(18(16)13-20)14-7-3-2-4-8-14/h2-10,16,18-19H,11-13H2,1H3. The van der Waals surface area contributed by atoms with E-state index >= 15 is 0 Å². The molecule has 1 fully saturated rings. The number of hydrogen-bond donors (Lipinski definition) is 0. The summed E-state index contributed by atoms with van der Waals surface area (Å²) in [6.07, 6.45) is 1.26. The van der Waals surface area contributed by atoms with Crippen molar-refractivity contribution >= 4 is 0 Å². The van der Waals surface area contributed by atoms with Gasteiger partial charge in [0.1, 0.15) is 0 Å². The zero-order valence-electron chi connectivity index (χ0n) is 12.0. The molecule has 4 rings (SSSR count). The van der Waals surface area contributed by atoms with E-state index in [-0.39, 0.29) is 0 Å². The number of hydrogen-bond acceptors (Lipinski definition) is 1. The minimum atomic E-state index is 0.580. The van der Waals surface area contributed by atoms with Gasteiger partial charge in [0.25, 0.3) is 0 Å². The van der Waals surface area contributed by atoms with Crippen LogP contribution in [0.3, 0.4) is 0 Å². The summed E-state index contributed by atoms with van der Waals surface area (Å²) in [6.45, 7) is 2.49. The predicted octanol–water partition coefficient (Wildman–Crippen LogP) is 3.55. The maximum atomic E-state index is 2.51. The van der Waals surface area contributed by atoms with Crippen molar-refractivity contribution in [1.29, 1.82) is 0 Å². The molecule has 0 N–H and O–H groups in total. The van der Waals surface area contributed by atoms with Crippen LogP contribution in [0.15, 0.2) is 54.6 Å². The minimum absolute atomic E-state index is 0.580. The second kappa shape index (κ2) is 4.75. The third-order valence-electron chi connectivity index (χ3n) is 5.13. The molecule has 3 unspecified atom stereocenters. The summed E-state index contributed by atoms with van der Waals surface area (Å²) in [4.78, 5) is 2.51. The lowest BCUT2D eigenvalue weighted by Gasteiger charge is -2.35. The Morgan fingerprint density at radius 2 is 1.65 bits per heavy atom. The van der Waals surface area contributed by atoms with Crippen LogP contribution >= 0.6 is 0 Å². The van der Waals surface area contributed by atoms with Crippen molar-refractivity contribution in [3.63, 3.8) is 0 Å². The number of likely N-dealkylation sites (tertiary alicyclic amines) is 1. The van der Waals surface area contributed by atoms with E-state index in [2.05, 4.69) is 66.5 Å². The Morgan fingerprint density at radius 1 is 0.900 bits per heavy atom. The van der Waals surface area contributed by atoms with E-state index in [1.54, 1.807) is 11.1 Å². The van der Waals surface area contributed by atoms with Gasteiger partial charge in [-0.2, -0.15) is 0 Å². The van der Waals surface area contributed by atoms with Gasteiger partial charge >= 0.3 is 0 Å². The lowest BCUT2D eigenvalue weighted by Crippen LogP contribution is -2.29. The van der Waals surface area contributed by atoms with Crippen LogP contribution in [-0.4, -0.2) is 25.0 Å². The summed E-state index contributed by atoms with van der Waals surface area (Å²) < 4.78 is 0. The van der Waals surface area contributed by atoms with Gasteiger partial charge in [0.05, 0.1) is 0 Å². The average molecular weight is 263 g/mol. The fourth-order valence-corrected chi connectivity index (χ4v) is 4.34. The molecule has 0 radical (unpaired) electrons. The lowest BCUT2D eigenvalue weighted by molar-refractivity contribution is 0.351. The first kappa shape index (κ1) is 12.2. The third kappa shape index (κ3) is 1.89. The van der Waals surface area contributed by atoms with Gasteiger partial charge in [-0.25, -0.2) is 0 Å². The summed E-state index contributed by atoms with van der Waals surface area (Å²) >= 11 is 0. The SMILES string of the molecule is CN1CC2Cc3ccccc3C(c3ccccc3)C2C1. The van der Waals surface area contributed by atoms with Gasteiger partial charge in [-0.15, -0.1) is 0 Å². The lowest BCUT2D eigenvalue weighted by atomic mass is 9.68. The van der Waals surface area contributed by atoms with Crippen molar-refractivity contribution in [2.75, 3.05) is 20.1 Å². The van der Waals surface area contributed by atoms with Crippen molar-refractivity contribution in [3.8, 4) is 0 Å². The van der Waals surface area contributed by atoms with Crippen LogP contribution in [0.25, 0.3) is 0 Å². The molecule has 0 spiro atoms. The normalized spacial score (nSPS) is 28.9. The van der Waals surface area contributed by atoms with Gasteiger partial charge in [-0.3, -0.25) is 0 Å². The highest BCUT2D eigenvalue weighted by atomic mass is 15.1. The van der Waals surface area contributed by atoms with E-state index in [1.807, 2.05) is 0 Å². The van der Waals surface area contributed by atoms with Crippen LogP contribution in [0.2, 0.25) is 0 Å². The van der Waals surface area contributed by atoms with E-state index in [0.29, 0.717) is 5.92 Å². The molecule has 102 valence electrons. The van der Waals surface area contributed by atoms with E-state index in [1.165, 1.54) is 25.1 Å². The Hall–Kier alpha value is -1.60. The van der Waals surface area contributed by atoms with Crippen LogP contribution in [0.1, 0.15) is 22.6 Å². The van der Waals surface area contributed by atoms with Gasteiger partial charge in [-0.1, -0.05) is 54.6 Å². The van der Waals surface area contributed by atoms with Crippen LogP contribution in [0.4, 0.5) is 0 Å². The number of nitrogens with zero attached hydrogens (tertiary/aromatic N) is 1. The van der Waals surface area contributed by atoms with Crippen molar-refractivity contribution in [2.45, 2.75) is 12.3 Å². The van der Waals surface area contributed by atoms with E-state index < -0.39 is 0 Å². The first-order chi connectivity index (χ1) is 9.83. The van der Waals surface area contributed by atoms with Gasteiger partial charge in [-0.05, 0) is 42.0 Å². The predicted molar refractivity (Wildman–Crippen MR) is 82.9 cm³/mol. The molecule has 3 atom stereocenters. The molecule has 1 nitrogen and oxygen atoms in total. The van der Waals surface area contributed by atoms with E-state index in [0.717, 1.165) is 11.8 Å². The van der Waals surface area contributed by atoms with Crippen LogP contribution in [0.5, 0.6) is 0 Å². The fraction of sp³-hybridized carbons (Fsp3) is 0.368. The van der Waals surface area contributed by atoms with Gasteiger partial charge in [0, 0.05) is 19.0 Å². The van der Waals surface area contributed by atoms with E-state index in [9.17, 15) is 0 Å². The first-order valence-electron chi connectivity index (χ1n) is 7.64. The van der Waals surface area contributed by atoms with Crippen molar-refractivity contribution < 1.29 is 0 Å². The molecule has 1 aliphatic heterocycles. The highest BCUT2D eigenvalue weighted by Gasteiger charge is 2.41. The fourth-order valence-electron chi connectivity index (χ4n) is 4.34. The molecular weight excluding hydrogens is 242 g/mol. The Labute approximate surface area is 121 Å². The molecule has 2 aromatic rings. The summed E-state index contributed by atoms with van der Waals surface area (Å²) in [6, 6.07) is 20.2. The number of benzene rings is 2. The Balaban J connectivity index is 1.84. The van der Waals surface area contributed by atoms with Crippen LogP contribution in [-0.2, 0) is 6.42 Å². The Bertz CT molecular complexity index is 604. The monoisotopic (exact) mass is 263 g/mol. The molecule has 0 saturated carbocycles. The molecule has 1 aliphatic carbocycles. The van der Waals surface area contributed by atoms with Crippen molar-refractivity contribution in [2.24, 2.45) is 11.8 Å². The van der Waals surface area contributed by atoms with Crippen molar-refractivity contribution in [3.05, 3.63) is 71.3 Å². The summed E-state index contributed by atoms with van der Waals surface area (Å²) in [7, 11) is 2.27. The minimum Gasteiger partial charge on any atom is -0.306 e.